The number of anilines is 1. The molecule has 1 aromatic carbocycles. The Kier molecular flexibility index (Phi) is 2.74. The van der Waals surface area contributed by atoms with Crippen LogP contribution in [0.1, 0.15) is 19.3 Å². The molecular weight excluding hydrogens is 254 g/mol. The van der Waals surface area contributed by atoms with E-state index in [0.717, 1.165) is 18.0 Å². The third kappa shape index (κ3) is 1.85. The van der Waals surface area contributed by atoms with Crippen LogP contribution in [0.25, 0.3) is 10.9 Å². The number of rotatable bonds is 1. The molecule has 2 heterocycles. The van der Waals surface area contributed by atoms with E-state index in [4.69, 9.17) is 5.73 Å². The van der Waals surface area contributed by atoms with Crippen molar-refractivity contribution in [2.75, 3.05) is 18.0 Å². The molecule has 0 amide bonds. The third-order valence-electron chi connectivity index (χ3n) is 4.81. The van der Waals surface area contributed by atoms with E-state index in [1.165, 1.54) is 36.2 Å². The van der Waals surface area contributed by atoms with Crippen LogP contribution in [-0.2, 0) is 0 Å². The molecule has 0 bridgehead atoms. The fraction of sp³-hybridized carbons (Fsp3) is 0.533. The molecular formula is C15H19N3S. The van der Waals surface area contributed by atoms with Crippen LogP contribution in [0.5, 0.6) is 0 Å². The second kappa shape index (κ2) is 4.46. The van der Waals surface area contributed by atoms with Crippen molar-refractivity contribution in [3.63, 3.8) is 0 Å². The van der Waals surface area contributed by atoms with Crippen molar-refractivity contribution < 1.29 is 0 Å². The van der Waals surface area contributed by atoms with Crippen molar-refractivity contribution in [1.82, 2.24) is 4.37 Å². The second-order valence-electron chi connectivity index (χ2n) is 5.93. The first-order valence-electron chi connectivity index (χ1n) is 7.18. The zero-order chi connectivity index (χ0) is 12.8. The second-order valence-corrected chi connectivity index (χ2v) is 6.68. The van der Waals surface area contributed by atoms with Crippen LogP contribution in [0.15, 0.2) is 24.3 Å². The van der Waals surface area contributed by atoms with Gasteiger partial charge in [-0.3, -0.25) is 0 Å². The first-order valence-corrected chi connectivity index (χ1v) is 7.95. The number of hydrogen-bond acceptors (Lipinski definition) is 4. The van der Waals surface area contributed by atoms with Crippen LogP contribution in [0.3, 0.4) is 0 Å². The maximum Gasteiger partial charge on any atom is 0.119 e. The number of fused-ring (bicyclic) bond motifs is 2. The highest BCUT2D eigenvalue weighted by Gasteiger charge is 2.39. The molecule has 19 heavy (non-hydrogen) atoms. The Hall–Kier alpha value is -1.13. The van der Waals surface area contributed by atoms with Gasteiger partial charge in [0, 0.05) is 24.5 Å². The Balaban J connectivity index is 1.67. The lowest BCUT2D eigenvalue weighted by atomic mass is 9.78. The number of hydrogen-bond donors (Lipinski definition) is 1. The van der Waals surface area contributed by atoms with Gasteiger partial charge in [-0.05, 0) is 48.3 Å². The number of aromatic nitrogens is 1. The van der Waals surface area contributed by atoms with Gasteiger partial charge in [-0.25, -0.2) is 0 Å². The normalized spacial score (nSPS) is 30.8. The molecule has 3 unspecified atom stereocenters. The van der Waals surface area contributed by atoms with Gasteiger partial charge in [0.2, 0.25) is 0 Å². The van der Waals surface area contributed by atoms with E-state index in [9.17, 15) is 0 Å². The average Bonchev–Trinajstić information content (AvgIpc) is 3.02. The molecule has 1 aliphatic heterocycles. The number of nitrogens with zero attached hydrogens (tertiary/aromatic N) is 2. The number of nitrogens with two attached hydrogens (primary N) is 1. The minimum absolute atomic E-state index is 0.405. The van der Waals surface area contributed by atoms with Crippen LogP contribution in [0, 0.1) is 11.8 Å². The molecule has 0 radical (unpaired) electrons. The summed E-state index contributed by atoms with van der Waals surface area (Å²) >= 11 is 1.64. The molecule has 2 aliphatic rings. The van der Waals surface area contributed by atoms with E-state index >= 15 is 0 Å². The highest BCUT2D eigenvalue weighted by atomic mass is 32.1. The summed E-state index contributed by atoms with van der Waals surface area (Å²) < 4.78 is 4.57. The van der Waals surface area contributed by atoms with Crippen LogP contribution in [0.4, 0.5) is 5.00 Å². The molecule has 3 nitrogen and oxygen atoms in total. The Morgan fingerprint density at radius 1 is 1.21 bits per heavy atom. The summed E-state index contributed by atoms with van der Waals surface area (Å²) in [6, 6.07) is 8.86. The Morgan fingerprint density at radius 2 is 2.11 bits per heavy atom. The predicted molar refractivity (Wildman–Crippen MR) is 80.6 cm³/mol. The largest absolute Gasteiger partial charge is 0.361 e. The fourth-order valence-corrected chi connectivity index (χ4v) is 4.67. The molecule has 1 saturated heterocycles. The zero-order valence-electron chi connectivity index (χ0n) is 11.0. The summed E-state index contributed by atoms with van der Waals surface area (Å²) in [5.41, 5.74) is 7.44. The molecule has 4 rings (SSSR count). The van der Waals surface area contributed by atoms with E-state index in [1.807, 2.05) is 0 Å². The van der Waals surface area contributed by atoms with Crippen LogP contribution < -0.4 is 10.6 Å². The summed E-state index contributed by atoms with van der Waals surface area (Å²) in [5, 5.41) is 2.65. The molecule has 0 spiro atoms. The monoisotopic (exact) mass is 273 g/mol. The van der Waals surface area contributed by atoms with Gasteiger partial charge >= 0.3 is 0 Å². The van der Waals surface area contributed by atoms with Crippen molar-refractivity contribution in [2.24, 2.45) is 17.6 Å². The predicted octanol–water partition coefficient (Wildman–Crippen LogP) is 2.86. The third-order valence-corrected chi connectivity index (χ3v) is 5.75. The summed E-state index contributed by atoms with van der Waals surface area (Å²) in [6.07, 6.45) is 3.86. The van der Waals surface area contributed by atoms with Crippen LogP contribution >= 0.6 is 11.5 Å². The molecule has 3 atom stereocenters. The Labute approximate surface area is 117 Å². The molecule has 2 N–H and O–H groups in total. The van der Waals surface area contributed by atoms with Crippen molar-refractivity contribution in [1.29, 1.82) is 0 Å². The van der Waals surface area contributed by atoms with Gasteiger partial charge in [0.05, 0.1) is 5.52 Å². The molecule has 2 aromatic rings. The van der Waals surface area contributed by atoms with Gasteiger partial charge < -0.3 is 10.6 Å². The van der Waals surface area contributed by atoms with Gasteiger partial charge in [0.15, 0.2) is 0 Å². The number of benzene rings is 1. The van der Waals surface area contributed by atoms with E-state index in [2.05, 4.69) is 33.5 Å². The highest BCUT2D eigenvalue weighted by molar-refractivity contribution is 7.11. The van der Waals surface area contributed by atoms with Crippen LogP contribution in [-0.4, -0.2) is 23.5 Å². The summed E-state index contributed by atoms with van der Waals surface area (Å²) in [4.78, 5) is 2.53. The van der Waals surface area contributed by atoms with Gasteiger partial charge in [0.1, 0.15) is 5.00 Å². The summed E-state index contributed by atoms with van der Waals surface area (Å²) in [7, 11) is 0. The SMILES string of the molecule is NC1CCCC2CN(c3snc4ccccc34)CC12. The van der Waals surface area contributed by atoms with Gasteiger partial charge in [-0.2, -0.15) is 4.37 Å². The highest BCUT2D eigenvalue weighted by Crippen LogP contribution is 2.41. The van der Waals surface area contributed by atoms with Crippen molar-refractivity contribution >= 4 is 27.4 Å². The molecule has 1 aromatic heterocycles. The smallest absolute Gasteiger partial charge is 0.119 e. The quantitative estimate of drug-likeness (QED) is 0.868. The van der Waals surface area contributed by atoms with Crippen molar-refractivity contribution in [3.8, 4) is 0 Å². The lowest BCUT2D eigenvalue weighted by Gasteiger charge is -2.29. The van der Waals surface area contributed by atoms with Gasteiger partial charge in [-0.1, -0.05) is 18.6 Å². The topological polar surface area (TPSA) is 42.1 Å². The standard InChI is InChI=1S/C15H19N3S/c16-13-6-3-4-10-8-18(9-12(10)13)15-11-5-1-2-7-14(11)17-19-15/h1-2,5,7,10,12-13H,3-4,6,8-9,16H2. The lowest BCUT2D eigenvalue weighted by Crippen LogP contribution is -2.38. The first kappa shape index (κ1) is 11.7. The van der Waals surface area contributed by atoms with Gasteiger partial charge in [0.25, 0.3) is 0 Å². The minimum Gasteiger partial charge on any atom is -0.361 e. The molecule has 1 saturated carbocycles. The zero-order valence-corrected chi connectivity index (χ0v) is 11.8. The van der Waals surface area contributed by atoms with Gasteiger partial charge in [-0.15, -0.1) is 0 Å². The minimum atomic E-state index is 0.405. The summed E-state index contributed by atoms with van der Waals surface area (Å²) in [5.74, 6) is 1.49. The molecule has 100 valence electrons. The van der Waals surface area contributed by atoms with Crippen LogP contribution in [0.2, 0.25) is 0 Å². The van der Waals surface area contributed by atoms with E-state index in [1.54, 1.807) is 11.5 Å². The van der Waals surface area contributed by atoms with E-state index in [0.29, 0.717) is 12.0 Å². The van der Waals surface area contributed by atoms with E-state index in [-0.39, 0.29) is 0 Å². The Morgan fingerprint density at radius 3 is 3.00 bits per heavy atom. The lowest BCUT2D eigenvalue weighted by molar-refractivity contribution is 0.260. The van der Waals surface area contributed by atoms with E-state index < -0.39 is 0 Å². The fourth-order valence-electron chi connectivity index (χ4n) is 3.79. The van der Waals surface area contributed by atoms with Crippen molar-refractivity contribution in [2.45, 2.75) is 25.3 Å². The first-order chi connectivity index (χ1) is 9.33. The maximum absolute atomic E-state index is 6.31. The maximum atomic E-state index is 6.31. The molecule has 2 fully saturated rings. The Bertz CT molecular complexity index is 594. The average molecular weight is 273 g/mol. The van der Waals surface area contributed by atoms with Crippen molar-refractivity contribution in [3.05, 3.63) is 24.3 Å². The molecule has 4 heteroatoms. The molecule has 1 aliphatic carbocycles. The summed E-state index contributed by atoms with van der Waals surface area (Å²) in [6.45, 7) is 2.29.